The number of rotatable bonds is 8. The summed E-state index contributed by atoms with van der Waals surface area (Å²) in [6.07, 6.45) is 3.85. The molecule has 0 amide bonds. The molecular formula is C17H22O5. The van der Waals surface area contributed by atoms with Gasteiger partial charge < -0.3 is 24.1 Å². The summed E-state index contributed by atoms with van der Waals surface area (Å²) in [7, 11) is 6.13. The largest absolute Gasteiger partial charge is 0.504 e. The molecule has 0 fully saturated rings. The van der Waals surface area contributed by atoms with Crippen molar-refractivity contribution in [3.05, 3.63) is 60.1 Å². The van der Waals surface area contributed by atoms with Crippen LogP contribution in [0.5, 0.6) is 11.5 Å². The molecule has 1 atom stereocenters. The van der Waals surface area contributed by atoms with E-state index >= 15 is 0 Å². The maximum atomic E-state index is 10.7. The van der Waals surface area contributed by atoms with E-state index in [1.54, 1.807) is 37.5 Å². The van der Waals surface area contributed by atoms with Gasteiger partial charge in [0, 0.05) is 17.2 Å². The number of allylic oxidation sites excluding steroid dienone is 2. The maximum absolute atomic E-state index is 10.7. The van der Waals surface area contributed by atoms with Crippen molar-refractivity contribution in [2.45, 2.75) is 6.10 Å². The monoisotopic (exact) mass is 306 g/mol. The van der Waals surface area contributed by atoms with E-state index in [2.05, 4.69) is 6.58 Å². The lowest BCUT2D eigenvalue weighted by Gasteiger charge is -2.19. The first-order valence-corrected chi connectivity index (χ1v) is 6.61. The summed E-state index contributed by atoms with van der Waals surface area (Å²) in [5, 5.41) is 10.7. The van der Waals surface area contributed by atoms with Gasteiger partial charge in [-0.3, -0.25) is 0 Å². The van der Waals surface area contributed by atoms with Crippen molar-refractivity contribution >= 4 is 0 Å². The Kier molecular flexibility index (Phi) is 7.05. The molecule has 22 heavy (non-hydrogen) atoms. The number of methoxy groups -OCH3 is 4. The molecule has 0 aliphatic carbocycles. The van der Waals surface area contributed by atoms with Crippen molar-refractivity contribution < 1.29 is 24.1 Å². The zero-order valence-electron chi connectivity index (χ0n) is 13.3. The Morgan fingerprint density at radius 3 is 2.45 bits per heavy atom. The molecule has 5 nitrogen and oxygen atoms in total. The Bertz CT molecular complexity index is 560. The molecular weight excluding hydrogens is 284 g/mol. The lowest BCUT2D eigenvalue weighted by atomic mass is 9.98. The number of hydrogen-bond donors (Lipinski definition) is 1. The summed E-state index contributed by atoms with van der Waals surface area (Å²) in [5.41, 5.74) is 1.08. The van der Waals surface area contributed by atoms with Crippen LogP contribution in [0.3, 0.4) is 0 Å². The molecule has 0 aliphatic rings. The Morgan fingerprint density at radius 2 is 1.91 bits per heavy atom. The standard InChI is InChI=1S/C17H22O5/c1-12(20-3)14(7-6-10-19-2)17(18)15-9-8-13(21-4)11-16(15)22-5/h6-11,17-18H,1H2,2-5H3/b10-6+,14-7+. The van der Waals surface area contributed by atoms with Crippen molar-refractivity contribution in [1.29, 1.82) is 0 Å². The molecule has 120 valence electrons. The van der Waals surface area contributed by atoms with Crippen LogP contribution < -0.4 is 9.47 Å². The number of hydrogen-bond acceptors (Lipinski definition) is 5. The SMILES string of the molecule is C=C(OC)/C(=C\C=C\OC)C(O)c1ccc(OC)cc1OC. The fourth-order valence-electron chi connectivity index (χ4n) is 1.89. The Hall–Kier alpha value is -2.40. The van der Waals surface area contributed by atoms with E-state index in [9.17, 15) is 5.11 Å². The van der Waals surface area contributed by atoms with Crippen molar-refractivity contribution in [3.8, 4) is 11.5 Å². The summed E-state index contributed by atoms with van der Waals surface area (Å²) in [6, 6.07) is 5.19. The third-order valence-corrected chi connectivity index (χ3v) is 3.09. The highest BCUT2D eigenvalue weighted by Crippen LogP contribution is 2.35. The predicted octanol–water partition coefficient (Wildman–Crippen LogP) is 2.98. The van der Waals surface area contributed by atoms with Gasteiger partial charge in [0.2, 0.25) is 0 Å². The second kappa shape index (κ2) is 8.79. The van der Waals surface area contributed by atoms with Gasteiger partial charge in [-0.15, -0.1) is 0 Å². The van der Waals surface area contributed by atoms with Crippen molar-refractivity contribution in [2.24, 2.45) is 0 Å². The lowest BCUT2D eigenvalue weighted by Crippen LogP contribution is -2.07. The molecule has 1 aromatic carbocycles. The second-order valence-corrected chi connectivity index (χ2v) is 4.32. The highest BCUT2D eigenvalue weighted by molar-refractivity contribution is 5.47. The summed E-state index contributed by atoms with van der Waals surface area (Å²) in [5.74, 6) is 1.51. The van der Waals surface area contributed by atoms with Gasteiger partial charge in [-0.2, -0.15) is 0 Å². The van der Waals surface area contributed by atoms with E-state index in [1.807, 2.05) is 0 Å². The highest BCUT2D eigenvalue weighted by Gasteiger charge is 2.20. The van der Waals surface area contributed by atoms with Gasteiger partial charge in [0.15, 0.2) is 0 Å². The Morgan fingerprint density at radius 1 is 1.18 bits per heavy atom. The summed E-state index contributed by atoms with van der Waals surface area (Å²) >= 11 is 0. The van der Waals surface area contributed by atoms with Gasteiger partial charge in [-0.25, -0.2) is 0 Å². The van der Waals surface area contributed by atoms with Crippen LogP contribution in [0.4, 0.5) is 0 Å². The molecule has 0 heterocycles. The second-order valence-electron chi connectivity index (χ2n) is 4.32. The van der Waals surface area contributed by atoms with Crippen LogP contribution in [0.15, 0.2) is 54.5 Å². The summed E-state index contributed by atoms with van der Waals surface area (Å²) < 4.78 is 20.5. The van der Waals surface area contributed by atoms with Gasteiger partial charge in [-0.1, -0.05) is 6.58 Å². The van der Waals surface area contributed by atoms with Gasteiger partial charge in [0.05, 0.1) is 34.7 Å². The smallest absolute Gasteiger partial charge is 0.128 e. The normalized spacial score (nSPS) is 12.9. The van der Waals surface area contributed by atoms with Gasteiger partial charge in [0.1, 0.15) is 23.4 Å². The van der Waals surface area contributed by atoms with Crippen LogP contribution in [0.1, 0.15) is 11.7 Å². The lowest BCUT2D eigenvalue weighted by molar-refractivity contribution is 0.194. The van der Waals surface area contributed by atoms with E-state index < -0.39 is 6.10 Å². The zero-order chi connectivity index (χ0) is 16.5. The maximum Gasteiger partial charge on any atom is 0.128 e. The third-order valence-electron chi connectivity index (χ3n) is 3.09. The highest BCUT2D eigenvalue weighted by atomic mass is 16.5. The molecule has 0 aromatic heterocycles. The van der Waals surface area contributed by atoms with Gasteiger partial charge >= 0.3 is 0 Å². The van der Waals surface area contributed by atoms with E-state index in [0.717, 1.165) is 0 Å². The fraction of sp³-hybridized carbons (Fsp3) is 0.294. The molecule has 1 unspecified atom stereocenters. The van der Waals surface area contributed by atoms with Crippen LogP contribution >= 0.6 is 0 Å². The first-order valence-electron chi connectivity index (χ1n) is 6.61. The molecule has 0 bridgehead atoms. The molecule has 1 aromatic rings. The fourth-order valence-corrected chi connectivity index (χ4v) is 1.89. The topological polar surface area (TPSA) is 57.2 Å². The number of aliphatic hydroxyl groups is 1. The number of benzene rings is 1. The van der Waals surface area contributed by atoms with Crippen LogP contribution in [-0.2, 0) is 9.47 Å². The van der Waals surface area contributed by atoms with Crippen LogP contribution in [-0.4, -0.2) is 33.5 Å². The zero-order valence-corrected chi connectivity index (χ0v) is 13.3. The average molecular weight is 306 g/mol. The quantitative estimate of drug-likeness (QED) is 0.591. The Balaban J connectivity index is 3.23. The number of ether oxygens (including phenoxy) is 4. The predicted molar refractivity (Wildman–Crippen MR) is 84.9 cm³/mol. The van der Waals surface area contributed by atoms with Crippen molar-refractivity contribution in [3.63, 3.8) is 0 Å². The molecule has 1 rings (SSSR count). The van der Waals surface area contributed by atoms with E-state index in [-0.39, 0.29) is 0 Å². The summed E-state index contributed by atoms with van der Waals surface area (Å²) in [4.78, 5) is 0. The Labute approximate surface area is 131 Å². The first-order chi connectivity index (χ1) is 10.6. The minimum atomic E-state index is -0.963. The molecule has 0 spiro atoms. The van der Waals surface area contributed by atoms with Crippen LogP contribution in [0, 0.1) is 0 Å². The van der Waals surface area contributed by atoms with E-state index in [0.29, 0.717) is 28.4 Å². The van der Waals surface area contributed by atoms with Gasteiger partial charge in [-0.05, 0) is 24.3 Å². The molecule has 0 radical (unpaired) electrons. The van der Waals surface area contributed by atoms with Crippen LogP contribution in [0.2, 0.25) is 0 Å². The van der Waals surface area contributed by atoms with Crippen LogP contribution in [0.25, 0.3) is 0 Å². The van der Waals surface area contributed by atoms with E-state index in [4.69, 9.17) is 18.9 Å². The van der Waals surface area contributed by atoms with E-state index in [1.165, 1.54) is 27.6 Å². The molecule has 1 N–H and O–H groups in total. The third kappa shape index (κ3) is 4.30. The summed E-state index contributed by atoms with van der Waals surface area (Å²) in [6.45, 7) is 3.80. The van der Waals surface area contributed by atoms with Crippen molar-refractivity contribution in [1.82, 2.24) is 0 Å². The molecule has 5 heteroatoms. The van der Waals surface area contributed by atoms with Gasteiger partial charge in [0.25, 0.3) is 0 Å². The number of aliphatic hydroxyl groups excluding tert-OH is 1. The molecule has 0 saturated heterocycles. The molecule has 0 saturated carbocycles. The molecule has 0 aliphatic heterocycles. The average Bonchev–Trinajstić information content (AvgIpc) is 2.56. The minimum absolute atomic E-state index is 0.353. The van der Waals surface area contributed by atoms with Crippen molar-refractivity contribution in [2.75, 3.05) is 28.4 Å². The minimum Gasteiger partial charge on any atom is -0.504 e. The first kappa shape index (κ1) is 17.7.